The van der Waals surface area contributed by atoms with E-state index in [-0.39, 0.29) is 0 Å². The maximum absolute atomic E-state index is 3.77. The molecule has 1 aromatic heterocycles. The number of hydrogen-bond acceptors (Lipinski definition) is 2. The van der Waals surface area contributed by atoms with Gasteiger partial charge in [-0.25, -0.2) is 0 Å². The highest BCUT2D eigenvalue weighted by Gasteiger charge is 2.12. The van der Waals surface area contributed by atoms with Crippen LogP contribution in [0, 0.1) is 0 Å². The molecule has 0 fully saturated rings. The lowest BCUT2D eigenvalue weighted by Gasteiger charge is -2.22. The molecule has 1 rings (SSSR count). The van der Waals surface area contributed by atoms with Gasteiger partial charge < -0.3 is 5.32 Å². The van der Waals surface area contributed by atoms with Crippen molar-refractivity contribution in [1.29, 1.82) is 0 Å². The molecule has 1 N–H and O–H groups in total. The van der Waals surface area contributed by atoms with Crippen molar-refractivity contribution in [2.24, 2.45) is 0 Å². The first-order chi connectivity index (χ1) is 7.77. The summed E-state index contributed by atoms with van der Waals surface area (Å²) in [5, 5.41) is 5.93. The minimum atomic E-state index is 0.508. The Morgan fingerprint density at radius 1 is 1.25 bits per heavy atom. The predicted molar refractivity (Wildman–Crippen MR) is 74.1 cm³/mol. The van der Waals surface area contributed by atoms with Crippen LogP contribution in [0.1, 0.15) is 63.8 Å². The lowest BCUT2D eigenvalue weighted by atomic mass is 10.0. The van der Waals surface area contributed by atoms with E-state index in [9.17, 15) is 0 Å². The Balaban J connectivity index is 2.40. The molecule has 92 valence electrons. The molecule has 0 amide bonds. The molecule has 0 spiro atoms. The smallest absolute Gasteiger partial charge is 0.0388 e. The van der Waals surface area contributed by atoms with Crippen molar-refractivity contribution in [3.63, 3.8) is 0 Å². The van der Waals surface area contributed by atoms with E-state index in [1.807, 2.05) is 11.3 Å². The third-order valence-electron chi connectivity index (χ3n) is 3.00. The van der Waals surface area contributed by atoms with Crippen molar-refractivity contribution < 1.29 is 0 Å². The molecular weight excluding hydrogens is 214 g/mol. The Morgan fingerprint density at radius 3 is 2.62 bits per heavy atom. The highest BCUT2D eigenvalue weighted by molar-refractivity contribution is 7.10. The van der Waals surface area contributed by atoms with Crippen LogP contribution < -0.4 is 5.32 Å². The maximum atomic E-state index is 3.77. The largest absolute Gasteiger partial charge is 0.307 e. The van der Waals surface area contributed by atoms with E-state index in [4.69, 9.17) is 0 Å². The third kappa shape index (κ3) is 4.67. The maximum Gasteiger partial charge on any atom is 0.0388 e. The van der Waals surface area contributed by atoms with Crippen LogP contribution in [0.2, 0.25) is 0 Å². The average Bonchev–Trinajstić information content (AvgIpc) is 2.79. The van der Waals surface area contributed by atoms with Gasteiger partial charge in [0, 0.05) is 17.0 Å². The van der Waals surface area contributed by atoms with Crippen LogP contribution in [0.15, 0.2) is 17.5 Å². The van der Waals surface area contributed by atoms with E-state index in [1.54, 1.807) is 0 Å². The van der Waals surface area contributed by atoms with Crippen LogP contribution in [-0.2, 0) is 0 Å². The quantitative estimate of drug-likeness (QED) is 0.690. The second kappa shape index (κ2) is 7.86. The van der Waals surface area contributed by atoms with Gasteiger partial charge in [-0.05, 0) is 31.2 Å². The minimum Gasteiger partial charge on any atom is -0.307 e. The predicted octanol–water partition coefficient (Wildman–Crippen LogP) is 4.76. The highest BCUT2D eigenvalue weighted by atomic mass is 32.1. The summed E-state index contributed by atoms with van der Waals surface area (Å²) in [6.45, 7) is 6.82. The SMILES string of the molecule is CCCCC(CCC)NC(C)c1cccs1. The molecule has 1 aromatic rings. The molecule has 0 aromatic carbocycles. The Kier molecular flexibility index (Phi) is 6.74. The fourth-order valence-corrected chi connectivity index (χ4v) is 2.83. The van der Waals surface area contributed by atoms with Crippen molar-refractivity contribution >= 4 is 11.3 Å². The summed E-state index contributed by atoms with van der Waals surface area (Å²) in [6.07, 6.45) is 6.54. The highest BCUT2D eigenvalue weighted by Crippen LogP contribution is 2.20. The Hall–Kier alpha value is -0.340. The number of unbranched alkanes of at least 4 members (excludes halogenated alkanes) is 1. The molecule has 0 aliphatic heterocycles. The number of rotatable bonds is 8. The number of hydrogen-bond donors (Lipinski definition) is 1. The van der Waals surface area contributed by atoms with Crippen molar-refractivity contribution in [3.05, 3.63) is 22.4 Å². The second-order valence-electron chi connectivity index (χ2n) is 4.53. The Labute approximate surface area is 104 Å². The molecule has 0 radical (unpaired) electrons. The van der Waals surface area contributed by atoms with E-state index in [1.165, 1.54) is 37.0 Å². The van der Waals surface area contributed by atoms with Gasteiger partial charge in [-0.15, -0.1) is 11.3 Å². The van der Waals surface area contributed by atoms with E-state index in [2.05, 4.69) is 43.6 Å². The van der Waals surface area contributed by atoms with Gasteiger partial charge in [-0.1, -0.05) is 39.2 Å². The van der Waals surface area contributed by atoms with Gasteiger partial charge in [-0.2, -0.15) is 0 Å². The van der Waals surface area contributed by atoms with Gasteiger partial charge in [0.05, 0.1) is 0 Å². The topological polar surface area (TPSA) is 12.0 Å². The molecule has 2 atom stereocenters. The van der Waals surface area contributed by atoms with E-state index in [0.717, 1.165) is 0 Å². The number of nitrogens with one attached hydrogen (secondary N) is 1. The summed E-state index contributed by atoms with van der Waals surface area (Å²) >= 11 is 1.85. The van der Waals surface area contributed by atoms with Gasteiger partial charge in [0.25, 0.3) is 0 Å². The molecule has 0 saturated carbocycles. The van der Waals surface area contributed by atoms with Crippen LogP contribution >= 0.6 is 11.3 Å². The molecule has 0 aliphatic carbocycles. The van der Waals surface area contributed by atoms with Gasteiger partial charge >= 0.3 is 0 Å². The normalized spacial score (nSPS) is 14.9. The lowest BCUT2D eigenvalue weighted by molar-refractivity contribution is 0.398. The number of thiophene rings is 1. The molecule has 2 unspecified atom stereocenters. The first-order valence-corrected chi connectivity index (χ1v) is 7.45. The standard InChI is InChI=1S/C14H25NS/c1-4-6-9-13(8-5-2)15-12(3)14-10-7-11-16-14/h7,10-13,15H,4-6,8-9H2,1-3H3. The molecular formula is C14H25NS. The Morgan fingerprint density at radius 2 is 2.06 bits per heavy atom. The van der Waals surface area contributed by atoms with Crippen LogP contribution in [0.5, 0.6) is 0 Å². The summed E-state index contributed by atoms with van der Waals surface area (Å²) in [5.41, 5.74) is 0. The van der Waals surface area contributed by atoms with Crippen LogP contribution in [0.4, 0.5) is 0 Å². The summed E-state index contributed by atoms with van der Waals surface area (Å²) < 4.78 is 0. The fourth-order valence-electron chi connectivity index (χ4n) is 2.08. The van der Waals surface area contributed by atoms with Gasteiger partial charge in [0.2, 0.25) is 0 Å². The third-order valence-corrected chi connectivity index (χ3v) is 4.05. The van der Waals surface area contributed by atoms with Crippen molar-refractivity contribution in [1.82, 2.24) is 5.32 Å². The zero-order chi connectivity index (χ0) is 11.8. The van der Waals surface area contributed by atoms with Crippen LogP contribution in [0.3, 0.4) is 0 Å². The monoisotopic (exact) mass is 239 g/mol. The molecule has 0 aliphatic rings. The lowest BCUT2D eigenvalue weighted by Crippen LogP contribution is -2.31. The Bertz CT molecular complexity index is 256. The van der Waals surface area contributed by atoms with E-state index >= 15 is 0 Å². The van der Waals surface area contributed by atoms with E-state index < -0.39 is 0 Å². The van der Waals surface area contributed by atoms with Crippen molar-refractivity contribution in [2.45, 2.75) is 65.0 Å². The first-order valence-electron chi connectivity index (χ1n) is 6.57. The average molecular weight is 239 g/mol. The second-order valence-corrected chi connectivity index (χ2v) is 5.51. The zero-order valence-electron chi connectivity index (χ0n) is 10.8. The fraction of sp³-hybridized carbons (Fsp3) is 0.714. The molecule has 2 heteroatoms. The molecule has 1 heterocycles. The minimum absolute atomic E-state index is 0.508. The van der Waals surface area contributed by atoms with Crippen molar-refractivity contribution in [3.8, 4) is 0 Å². The summed E-state index contributed by atoms with van der Waals surface area (Å²) in [5.74, 6) is 0. The van der Waals surface area contributed by atoms with Crippen LogP contribution in [0.25, 0.3) is 0 Å². The van der Waals surface area contributed by atoms with Gasteiger partial charge in [-0.3, -0.25) is 0 Å². The summed E-state index contributed by atoms with van der Waals surface area (Å²) in [6, 6.07) is 5.57. The van der Waals surface area contributed by atoms with Gasteiger partial charge in [0.1, 0.15) is 0 Å². The molecule has 0 bridgehead atoms. The van der Waals surface area contributed by atoms with Gasteiger partial charge in [0.15, 0.2) is 0 Å². The van der Waals surface area contributed by atoms with E-state index in [0.29, 0.717) is 12.1 Å². The molecule has 0 saturated heterocycles. The van der Waals surface area contributed by atoms with Crippen molar-refractivity contribution in [2.75, 3.05) is 0 Å². The first kappa shape index (κ1) is 13.7. The zero-order valence-corrected chi connectivity index (χ0v) is 11.6. The van der Waals surface area contributed by atoms with Crippen LogP contribution in [-0.4, -0.2) is 6.04 Å². The molecule has 1 nitrogen and oxygen atoms in total. The molecule has 16 heavy (non-hydrogen) atoms. The summed E-state index contributed by atoms with van der Waals surface area (Å²) in [7, 11) is 0. The summed E-state index contributed by atoms with van der Waals surface area (Å²) in [4.78, 5) is 1.46.